The summed E-state index contributed by atoms with van der Waals surface area (Å²) < 4.78 is 0. The van der Waals surface area contributed by atoms with E-state index in [1.807, 2.05) is 0 Å². The zero-order chi connectivity index (χ0) is 10.9. The van der Waals surface area contributed by atoms with Crippen molar-refractivity contribution in [3.8, 4) is 11.5 Å². The quantitative estimate of drug-likeness (QED) is 0.484. The molecule has 0 aliphatic rings. The number of carboxylic acids is 2. The summed E-state index contributed by atoms with van der Waals surface area (Å²) in [6, 6.07) is 0.811. The number of carbonyl (C=O) groups is 2. The second-order valence-corrected chi connectivity index (χ2v) is 2.42. The fourth-order valence-corrected chi connectivity index (χ4v) is 0.879. The average molecular weight is 243 g/mol. The molecule has 6 nitrogen and oxygen atoms in total. The maximum Gasteiger partial charge on any atom is 2.00 e. The normalized spacial score (nSPS) is 8.50. The topological polar surface area (TPSA) is 126 Å². The first-order chi connectivity index (χ1) is 6.43. The van der Waals surface area contributed by atoms with Crippen LogP contribution in [0.25, 0.3) is 0 Å². The van der Waals surface area contributed by atoms with Crippen molar-refractivity contribution < 1.29 is 30.0 Å². The van der Waals surface area contributed by atoms with Gasteiger partial charge in [0.25, 0.3) is 0 Å². The van der Waals surface area contributed by atoms with Crippen molar-refractivity contribution in [2.24, 2.45) is 0 Å². The van der Waals surface area contributed by atoms with Crippen LogP contribution in [0.1, 0.15) is 20.7 Å². The van der Waals surface area contributed by atoms with Crippen LogP contribution < -0.4 is 20.4 Å². The van der Waals surface area contributed by atoms with Gasteiger partial charge < -0.3 is 30.0 Å². The first kappa shape index (κ1) is 17.7. The third kappa shape index (κ3) is 3.70. The second kappa shape index (κ2) is 6.78. The average Bonchev–Trinajstić information content (AvgIpc) is 2.07. The standard InChI is InChI=1S/C8H6O6.2Mg/c9-5-1-3(7(11)12)6(10)2-4(5)8(13)14;;/h1-2,9-10H,(H,11,12)(H,13,14);;/q;2*+2/p-4. The molecular weight excluding hydrogens is 241 g/mol. The minimum atomic E-state index is -1.82. The number of benzene rings is 1. The van der Waals surface area contributed by atoms with Crippen molar-refractivity contribution in [3.63, 3.8) is 0 Å². The SMILES string of the molecule is O=C([O-])c1cc([O-])c(C(=O)[O-])cc1[O-].[Mg+2].[Mg+2]. The van der Waals surface area contributed by atoms with Crippen molar-refractivity contribution in [1.82, 2.24) is 0 Å². The van der Waals surface area contributed by atoms with Crippen LogP contribution in [0.4, 0.5) is 0 Å². The largest absolute Gasteiger partial charge is 2.00 e. The summed E-state index contributed by atoms with van der Waals surface area (Å²) in [6.07, 6.45) is 0. The maximum atomic E-state index is 10.9. The second-order valence-electron chi connectivity index (χ2n) is 2.42. The molecule has 0 saturated heterocycles. The van der Waals surface area contributed by atoms with E-state index in [1.54, 1.807) is 0 Å². The van der Waals surface area contributed by atoms with Gasteiger partial charge in [0.1, 0.15) is 0 Å². The molecule has 0 amide bonds. The molecule has 0 heterocycles. The molecule has 0 aliphatic carbocycles. The first-order valence-electron chi connectivity index (χ1n) is 3.38. The van der Waals surface area contributed by atoms with E-state index in [4.69, 9.17) is 0 Å². The van der Waals surface area contributed by atoms with Gasteiger partial charge in [-0.25, -0.2) is 0 Å². The van der Waals surface area contributed by atoms with E-state index < -0.39 is 34.6 Å². The van der Waals surface area contributed by atoms with Crippen molar-refractivity contribution >= 4 is 58.0 Å². The van der Waals surface area contributed by atoms with Crippen LogP contribution in [-0.2, 0) is 0 Å². The van der Waals surface area contributed by atoms with E-state index in [9.17, 15) is 30.0 Å². The van der Waals surface area contributed by atoms with E-state index in [2.05, 4.69) is 0 Å². The molecule has 0 N–H and O–H groups in total. The van der Waals surface area contributed by atoms with E-state index in [0.717, 1.165) is 0 Å². The van der Waals surface area contributed by atoms with Crippen molar-refractivity contribution in [1.29, 1.82) is 0 Å². The van der Waals surface area contributed by atoms with Gasteiger partial charge in [0.2, 0.25) is 0 Å². The molecule has 1 aromatic carbocycles. The molecular formula is C8H2Mg2O6. The van der Waals surface area contributed by atoms with Gasteiger partial charge in [0.05, 0.1) is 11.9 Å². The fourth-order valence-electron chi connectivity index (χ4n) is 0.879. The Bertz CT molecular complexity index is 377. The predicted octanol–water partition coefficient (Wildman–Crippen LogP) is -4.20. The summed E-state index contributed by atoms with van der Waals surface area (Å²) in [6.45, 7) is 0. The van der Waals surface area contributed by atoms with Gasteiger partial charge in [-0.3, -0.25) is 0 Å². The maximum absolute atomic E-state index is 10.9. The van der Waals surface area contributed by atoms with Gasteiger partial charge >= 0.3 is 46.1 Å². The summed E-state index contributed by atoms with van der Waals surface area (Å²) in [7, 11) is 0. The van der Waals surface area contributed by atoms with Crippen molar-refractivity contribution in [2.75, 3.05) is 0 Å². The summed E-state index contributed by atoms with van der Waals surface area (Å²) in [5, 5.41) is 42.3. The minimum absolute atomic E-state index is 0. The molecule has 0 unspecified atom stereocenters. The van der Waals surface area contributed by atoms with E-state index in [-0.39, 0.29) is 46.1 Å². The summed E-state index contributed by atoms with van der Waals surface area (Å²) in [4.78, 5) is 20.5. The molecule has 0 radical (unpaired) electrons. The van der Waals surface area contributed by atoms with Gasteiger partial charge in [0, 0.05) is 0 Å². The third-order valence-electron chi connectivity index (χ3n) is 1.52. The Kier molecular flexibility index (Phi) is 7.50. The Hall–Kier alpha value is -0.708. The van der Waals surface area contributed by atoms with Crippen LogP contribution in [0.2, 0.25) is 0 Å². The zero-order valence-electron chi connectivity index (χ0n) is 8.02. The summed E-state index contributed by atoms with van der Waals surface area (Å²) in [5.41, 5.74) is -1.72. The fraction of sp³-hybridized carbons (Fsp3) is 0. The predicted molar refractivity (Wildman–Crippen MR) is 45.5 cm³/mol. The van der Waals surface area contributed by atoms with Crippen molar-refractivity contribution in [2.45, 2.75) is 0 Å². The van der Waals surface area contributed by atoms with Crippen LogP contribution >= 0.6 is 0 Å². The van der Waals surface area contributed by atoms with Crippen LogP contribution in [0.5, 0.6) is 11.5 Å². The summed E-state index contributed by atoms with van der Waals surface area (Å²) >= 11 is 0. The number of hydrogen-bond donors (Lipinski definition) is 0. The molecule has 0 atom stereocenters. The molecule has 0 saturated carbocycles. The van der Waals surface area contributed by atoms with Crippen molar-refractivity contribution in [3.05, 3.63) is 23.3 Å². The number of carboxylic acid groups (broad SMARTS) is 2. The Labute approximate surface area is 122 Å². The van der Waals surface area contributed by atoms with Crippen LogP contribution in [-0.4, -0.2) is 58.0 Å². The number of rotatable bonds is 2. The van der Waals surface area contributed by atoms with E-state index in [1.165, 1.54) is 0 Å². The Morgan fingerprint density at radius 2 is 1.06 bits per heavy atom. The van der Waals surface area contributed by atoms with Gasteiger partial charge in [-0.05, 0) is 11.1 Å². The monoisotopic (exact) mass is 242 g/mol. The third-order valence-corrected chi connectivity index (χ3v) is 1.52. The Balaban J connectivity index is 0. The molecule has 8 heteroatoms. The minimum Gasteiger partial charge on any atom is -0.872 e. The van der Waals surface area contributed by atoms with Gasteiger partial charge in [-0.1, -0.05) is 23.6 Å². The molecule has 74 valence electrons. The van der Waals surface area contributed by atoms with Gasteiger partial charge in [-0.15, -0.1) is 0 Å². The molecule has 0 fully saturated rings. The number of carbonyl (C=O) groups excluding carboxylic acids is 2. The van der Waals surface area contributed by atoms with Crippen LogP contribution in [0.15, 0.2) is 12.1 Å². The van der Waals surface area contributed by atoms with Gasteiger partial charge in [-0.2, -0.15) is 0 Å². The smallest absolute Gasteiger partial charge is 0.872 e. The van der Waals surface area contributed by atoms with Gasteiger partial charge in [0.15, 0.2) is 0 Å². The Morgan fingerprint density at radius 3 is 1.25 bits per heavy atom. The molecule has 0 bridgehead atoms. The molecule has 1 rings (SSSR count). The molecule has 0 aliphatic heterocycles. The van der Waals surface area contributed by atoms with Crippen LogP contribution in [0.3, 0.4) is 0 Å². The number of aromatic carboxylic acids is 2. The van der Waals surface area contributed by atoms with Crippen LogP contribution in [0, 0.1) is 0 Å². The first-order valence-corrected chi connectivity index (χ1v) is 3.38. The van der Waals surface area contributed by atoms with E-state index >= 15 is 0 Å². The number of hydrogen-bond acceptors (Lipinski definition) is 6. The zero-order valence-corrected chi connectivity index (χ0v) is 10.8. The molecule has 16 heavy (non-hydrogen) atoms. The molecule has 1 aromatic rings. The molecule has 0 aromatic heterocycles. The summed E-state index contributed by atoms with van der Waals surface area (Å²) in [5.74, 6) is -5.83. The molecule has 0 spiro atoms. The Morgan fingerprint density at radius 1 is 0.812 bits per heavy atom. The van der Waals surface area contributed by atoms with E-state index in [0.29, 0.717) is 12.1 Å².